The third-order valence-corrected chi connectivity index (χ3v) is 22.0. The summed E-state index contributed by atoms with van der Waals surface area (Å²) in [6.07, 6.45) is 59.2. The summed E-state index contributed by atoms with van der Waals surface area (Å²) < 4.78 is 0. The quantitative estimate of drug-likeness (QED) is 0.142. The van der Waals surface area contributed by atoms with Crippen LogP contribution in [0.25, 0.3) is 35.4 Å². The zero-order chi connectivity index (χ0) is 71.6. The Kier molecular flexibility index (Phi) is 25.4. The molecule has 12 aliphatic rings. The van der Waals surface area contributed by atoms with Crippen LogP contribution in [-0.2, 0) is 70.6 Å². The molecule has 0 saturated carbocycles. The van der Waals surface area contributed by atoms with Crippen molar-refractivity contribution in [3.05, 3.63) is 473 Å². The molecule has 0 N–H and O–H groups in total. The average Bonchev–Trinajstić information content (AvgIpc) is 1.54. The Labute approximate surface area is 632 Å². The molecule has 12 aliphatic carbocycles. The zero-order valence-electron chi connectivity index (χ0n) is 61.8. The molecule has 11 aromatic rings. The molecule has 11 aromatic carbocycles. The second-order valence-electron chi connectivity index (χ2n) is 29.0. The summed E-state index contributed by atoms with van der Waals surface area (Å²) in [6.45, 7) is 0. The normalized spacial score (nSPS) is 15.4. The molecule has 0 atom stereocenters. The van der Waals surface area contributed by atoms with Crippen molar-refractivity contribution >= 4 is 24.3 Å². The van der Waals surface area contributed by atoms with Crippen LogP contribution in [0.4, 0.5) is 0 Å². The van der Waals surface area contributed by atoms with E-state index in [1.165, 1.54) is 200 Å². The number of hydrogen-bond acceptors (Lipinski definition) is 0. The predicted molar refractivity (Wildman–Crippen MR) is 454 cm³/mol. The van der Waals surface area contributed by atoms with E-state index in [-0.39, 0.29) is 0 Å². The van der Waals surface area contributed by atoms with E-state index in [1.54, 1.807) is 27.8 Å². The Balaban J connectivity index is 0.000000100. The highest BCUT2D eigenvalue weighted by atomic mass is 14.2. The van der Waals surface area contributed by atoms with Gasteiger partial charge in [-0.05, 0) is 267 Å². The molecule has 0 nitrogen and oxygen atoms in total. The molecule has 0 saturated heterocycles. The summed E-state index contributed by atoms with van der Waals surface area (Å²) in [5.74, 6) is 0. The maximum atomic E-state index is 2.27. The number of aryl methyl sites for hydroxylation is 6. The minimum absolute atomic E-state index is 1.04. The fourth-order valence-corrected chi connectivity index (χ4v) is 16.1. The van der Waals surface area contributed by atoms with Crippen molar-refractivity contribution in [2.75, 3.05) is 0 Å². The van der Waals surface area contributed by atoms with Gasteiger partial charge in [0.25, 0.3) is 0 Å². The van der Waals surface area contributed by atoms with Crippen LogP contribution >= 0.6 is 0 Å². The van der Waals surface area contributed by atoms with Gasteiger partial charge in [0.2, 0.25) is 0 Å². The molecule has 0 amide bonds. The molecule has 0 radical (unpaired) electrons. The molecule has 0 heteroatoms. The molecule has 0 aromatic heterocycles. The van der Waals surface area contributed by atoms with Crippen LogP contribution in [0.3, 0.4) is 0 Å². The lowest BCUT2D eigenvalue weighted by Gasteiger charge is -2.18. The van der Waals surface area contributed by atoms with E-state index in [0.717, 1.165) is 44.9 Å². The third kappa shape index (κ3) is 19.6. The lowest BCUT2D eigenvalue weighted by Crippen LogP contribution is -2.19. The number of rotatable bonds is 0. The van der Waals surface area contributed by atoms with Crippen molar-refractivity contribution in [3.8, 4) is 11.1 Å². The monoisotopic (exact) mass is 1370 g/mol. The Morgan fingerprint density at radius 3 is 0.868 bits per heavy atom. The minimum atomic E-state index is 1.04. The summed E-state index contributed by atoms with van der Waals surface area (Å²) in [7, 11) is 0. The first kappa shape index (κ1) is 71.8. The van der Waals surface area contributed by atoms with Crippen LogP contribution in [0.5, 0.6) is 0 Å². The number of hydrogen-bond donors (Lipinski definition) is 0. The summed E-state index contributed by atoms with van der Waals surface area (Å²) in [4.78, 5) is 0. The molecular weight excluding hydrogens is 1270 g/mol. The second kappa shape index (κ2) is 37.5. The summed E-state index contributed by atoms with van der Waals surface area (Å²) in [6, 6.07) is 95.6. The minimum Gasteiger partial charge on any atom is -0.0808 e. The summed E-state index contributed by atoms with van der Waals surface area (Å²) >= 11 is 0. The Morgan fingerprint density at radius 2 is 0.491 bits per heavy atom. The van der Waals surface area contributed by atoms with Gasteiger partial charge in [0.15, 0.2) is 0 Å². The molecule has 0 aliphatic heterocycles. The van der Waals surface area contributed by atoms with Crippen molar-refractivity contribution in [3.63, 3.8) is 0 Å². The lowest BCUT2D eigenvalue weighted by atomic mass is 9.86. The maximum absolute atomic E-state index is 2.27. The maximum Gasteiger partial charge on any atom is -0.00135 e. The Morgan fingerprint density at radius 1 is 0.198 bits per heavy atom. The van der Waals surface area contributed by atoms with Gasteiger partial charge >= 0.3 is 0 Å². The van der Waals surface area contributed by atoms with Crippen LogP contribution in [-0.4, -0.2) is 0 Å². The standard InChI is InChI=1S/C15H14.C15H12.C14H12.C13H10.C10H12.C9H10.C9H8.2C8H8.C5H6/c2*1-3-7-14-11-15-8-4-2-6-13(15)10-9-12(14)5-1;1-2-6-12-10-14-8-4-3-7-13(14)9-11(12)5-1;1-3-7-12-10(5-1)9-11-6-2-4-8-13(11)12;1-2-6-10-8-4-3-7-9(10)5-1;2*1-2-5-9-7-3-6-8(9)4-1;2*1-3-7-5-2-6-8(7)4-1;1-2-4-5-3-1/h1-8H,9-11H2;1-10H,11H2;1-8H,9-10H2;1-8H,9H2;1-2,5-6H,3-4,7-8H2;1-2,4-5H,3,6-7H2;1-2,4-7H,3H2;1-3,6H,4-5H2;1-3,5H,4,6H2;1-4H,5H2. The first-order valence-electron chi connectivity index (χ1n) is 39.2. The fourth-order valence-electron chi connectivity index (χ4n) is 16.1. The van der Waals surface area contributed by atoms with Gasteiger partial charge in [-0.15, -0.1) is 0 Å². The topological polar surface area (TPSA) is 0 Å². The number of allylic oxidation sites excluding steroid dienone is 16. The molecule has 524 valence electrons. The largest absolute Gasteiger partial charge is 0.0808 e. The van der Waals surface area contributed by atoms with Crippen molar-refractivity contribution < 1.29 is 0 Å². The van der Waals surface area contributed by atoms with E-state index in [9.17, 15) is 0 Å². The summed E-state index contributed by atoms with van der Waals surface area (Å²) in [5, 5.41) is 2.77. The van der Waals surface area contributed by atoms with Gasteiger partial charge in [-0.3, -0.25) is 0 Å². The first-order valence-corrected chi connectivity index (χ1v) is 39.2. The lowest BCUT2D eigenvalue weighted by molar-refractivity contribution is 0.685. The Bertz CT molecular complexity index is 4890. The number of benzene rings is 11. The zero-order valence-corrected chi connectivity index (χ0v) is 61.8. The average molecular weight is 1370 g/mol. The highest BCUT2D eigenvalue weighted by Gasteiger charge is 2.18. The highest BCUT2D eigenvalue weighted by Crippen LogP contribution is 2.36. The second-order valence-corrected chi connectivity index (χ2v) is 29.0. The van der Waals surface area contributed by atoms with Crippen LogP contribution in [0, 0.1) is 0 Å². The van der Waals surface area contributed by atoms with Gasteiger partial charge in [-0.25, -0.2) is 0 Å². The summed E-state index contributed by atoms with van der Waals surface area (Å²) in [5.41, 5.74) is 35.7. The van der Waals surface area contributed by atoms with E-state index in [2.05, 4.69) is 364 Å². The van der Waals surface area contributed by atoms with Gasteiger partial charge in [-0.1, -0.05) is 370 Å². The molecule has 0 fully saturated rings. The smallest absolute Gasteiger partial charge is 0.00135 e. The van der Waals surface area contributed by atoms with Gasteiger partial charge in [0, 0.05) is 0 Å². The van der Waals surface area contributed by atoms with Crippen molar-refractivity contribution in [1.29, 1.82) is 0 Å². The first-order chi connectivity index (χ1) is 52.6. The third-order valence-electron chi connectivity index (χ3n) is 22.0. The molecule has 0 spiro atoms. The van der Waals surface area contributed by atoms with Crippen LogP contribution in [0.2, 0.25) is 0 Å². The molecule has 23 rings (SSSR count). The van der Waals surface area contributed by atoms with Crippen molar-refractivity contribution in [2.45, 2.75) is 128 Å². The van der Waals surface area contributed by atoms with E-state index in [4.69, 9.17) is 0 Å². The van der Waals surface area contributed by atoms with Gasteiger partial charge < -0.3 is 0 Å². The van der Waals surface area contributed by atoms with E-state index >= 15 is 0 Å². The van der Waals surface area contributed by atoms with Gasteiger partial charge in [0.1, 0.15) is 0 Å². The number of fused-ring (bicyclic) bond motifs is 12. The van der Waals surface area contributed by atoms with Crippen LogP contribution in [0.1, 0.15) is 158 Å². The highest BCUT2D eigenvalue weighted by molar-refractivity contribution is 5.77. The predicted octanol–water partition coefficient (Wildman–Crippen LogP) is 24.9. The van der Waals surface area contributed by atoms with Gasteiger partial charge in [-0.2, -0.15) is 0 Å². The van der Waals surface area contributed by atoms with E-state index in [1.807, 2.05) is 0 Å². The van der Waals surface area contributed by atoms with E-state index in [0.29, 0.717) is 0 Å². The molecule has 0 bridgehead atoms. The van der Waals surface area contributed by atoms with Gasteiger partial charge in [0.05, 0.1) is 0 Å². The SMILES string of the molecule is C1=CC2=C(C1)CC=C2.C1=CC2=C(C=CC2)C1.C1=CCC=C1.C1=Cc2ccccc2Cc2ccccc21.C1=c2ccccc2=CC1.c1ccc2c(c1)CCC2.c1ccc2c(c1)CCCC2.c1ccc2c(c1)CCc1ccccc1C2.c1ccc2c(c1)Cc1ccccc1-2.c1ccc2c(c1)Cc1ccccc1C2. The molecule has 0 unspecified atom stereocenters. The molecule has 0 heterocycles. The van der Waals surface area contributed by atoms with Crippen molar-refractivity contribution in [1.82, 2.24) is 0 Å². The Hall–Kier alpha value is -11.2. The fraction of sp³-hybridized carbons (Fsp3) is 0.189. The van der Waals surface area contributed by atoms with Crippen LogP contribution in [0.15, 0.2) is 362 Å². The van der Waals surface area contributed by atoms with Crippen molar-refractivity contribution in [2.24, 2.45) is 0 Å². The molecular formula is C106H100. The van der Waals surface area contributed by atoms with E-state index < -0.39 is 0 Å². The molecule has 106 heavy (non-hydrogen) atoms. The van der Waals surface area contributed by atoms with Crippen LogP contribution < -0.4 is 10.4 Å².